The molecule has 0 radical (unpaired) electrons. The van der Waals surface area contributed by atoms with Gasteiger partial charge in [-0.15, -0.1) is 0 Å². The summed E-state index contributed by atoms with van der Waals surface area (Å²) in [4.78, 5) is 21.1. The Morgan fingerprint density at radius 2 is 2.08 bits per heavy atom. The minimum absolute atomic E-state index is 0.0109. The summed E-state index contributed by atoms with van der Waals surface area (Å²) in [6.45, 7) is 8.23. The number of rotatable bonds is 5. The van der Waals surface area contributed by atoms with E-state index in [1.54, 1.807) is 10.9 Å². The van der Waals surface area contributed by atoms with E-state index in [1.807, 2.05) is 32.3 Å². The second-order valence-electron chi connectivity index (χ2n) is 6.62. The number of pyridine rings is 1. The quantitative estimate of drug-likeness (QED) is 0.891. The predicted octanol–water partition coefficient (Wildman–Crippen LogP) is 1.44. The Morgan fingerprint density at radius 3 is 2.68 bits per heavy atom. The number of piperazine rings is 1. The van der Waals surface area contributed by atoms with Crippen molar-refractivity contribution in [2.75, 3.05) is 38.0 Å². The van der Waals surface area contributed by atoms with Crippen LogP contribution in [0, 0.1) is 6.92 Å². The van der Waals surface area contributed by atoms with Crippen molar-refractivity contribution in [1.82, 2.24) is 24.6 Å². The van der Waals surface area contributed by atoms with Gasteiger partial charge in [0.15, 0.2) is 0 Å². The Bertz CT molecular complexity index is 706. The normalized spacial score (nSPS) is 17.4. The largest absolute Gasteiger partial charge is 0.310 e. The van der Waals surface area contributed by atoms with Crippen LogP contribution in [0.2, 0.25) is 0 Å². The number of nitrogens with zero attached hydrogens (tertiary/aromatic N) is 5. The molecule has 0 saturated carbocycles. The molecule has 0 bridgehead atoms. The Morgan fingerprint density at radius 1 is 1.32 bits per heavy atom. The van der Waals surface area contributed by atoms with Gasteiger partial charge in [-0.25, -0.2) is 0 Å². The van der Waals surface area contributed by atoms with Crippen molar-refractivity contribution in [2.24, 2.45) is 7.05 Å². The Labute approximate surface area is 148 Å². The van der Waals surface area contributed by atoms with Crippen molar-refractivity contribution in [1.29, 1.82) is 0 Å². The maximum absolute atomic E-state index is 12.3. The standard InChI is InChI=1S/C18H26N6O/c1-14-11-17(22(3)21-14)20-18(25)13-23-7-9-24(10-8-23)15(2)16-5-4-6-19-12-16/h4-6,11-12,15H,7-10,13H2,1-3H3,(H,20,25)/t15-/m1/s1. The number of aromatic nitrogens is 3. The summed E-state index contributed by atoms with van der Waals surface area (Å²) < 4.78 is 1.70. The van der Waals surface area contributed by atoms with Gasteiger partial charge in [-0.1, -0.05) is 6.07 Å². The zero-order valence-corrected chi connectivity index (χ0v) is 15.1. The van der Waals surface area contributed by atoms with Gasteiger partial charge < -0.3 is 5.32 Å². The van der Waals surface area contributed by atoms with Gasteiger partial charge in [-0.3, -0.25) is 24.3 Å². The molecule has 7 nitrogen and oxygen atoms in total. The highest BCUT2D eigenvalue weighted by Gasteiger charge is 2.23. The molecule has 3 heterocycles. The van der Waals surface area contributed by atoms with Crippen LogP contribution in [-0.4, -0.2) is 63.2 Å². The number of hydrogen-bond donors (Lipinski definition) is 1. The van der Waals surface area contributed by atoms with Crippen molar-refractivity contribution in [3.05, 3.63) is 41.9 Å². The third-order valence-corrected chi connectivity index (χ3v) is 4.76. The Hall–Kier alpha value is -2.25. The lowest BCUT2D eigenvalue weighted by Gasteiger charge is -2.37. The molecule has 3 rings (SSSR count). The van der Waals surface area contributed by atoms with Gasteiger partial charge in [-0.2, -0.15) is 5.10 Å². The highest BCUT2D eigenvalue weighted by molar-refractivity contribution is 5.91. The van der Waals surface area contributed by atoms with Crippen LogP contribution >= 0.6 is 0 Å². The molecule has 1 amide bonds. The summed E-state index contributed by atoms with van der Waals surface area (Å²) in [5.41, 5.74) is 2.14. The zero-order chi connectivity index (χ0) is 17.8. The van der Waals surface area contributed by atoms with Crippen LogP contribution in [0.15, 0.2) is 30.6 Å². The van der Waals surface area contributed by atoms with Gasteiger partial charge in [0.05, 0.1) is 12.2 Å². The molecule has 1 saturated heterocycles. The third kappa shape index (κ3) is 4.43. The monoisotopic (exact) mass is 342 g/mol. The smallest absolute Gasteiger partial charge is 0.239 e. The molecule has 2 aromatic heterocycles. The summed E-state index contributed by atoms with van der Waals surface area (Å²) in [5.74, 6) is 0.753. The van der Waals surface area contributed by atoms with Crippen LogP contribution in [0.25, 0.3) is 0 Å². The van der Waals surface area contributed by atoms with Gasteiger partial charge in [-0.05, 0) is 25.5 Å². The number of nitrogens with one attached hydrogen (secondary N) is 1. The van der Waals surface area contributed by atoms with Crippen molar-refractivity contribution in [3.8, 4) is 0 Å². The van der Waals surface area contributed by atoms with Crippen molar-refractivity contribution >= 4 is 11.7 Å². The van der Waals surface area contributed by atoms with E-state index in [0.29, 0.717) is 12.6 Å². The van der Waals surface area contributed by atoms with E-state index in [0.717, 1.165) is 37.7 Å². The van der Waals surface area contributed by atoms with Gasteiger partial charge >= 0.3 is 0 Å². The lowest BCUT2D eigenvalue weighted by Crippen LogP contribution is -2.49. The van der Waals surface area contributed by atoms with E-state index in [2.05, 4.69) is 38.2 Å². The SMILES string of the molecule is Cc1cc(NC(=O)CN2CCN([C@H](C)c3cccnc3)CC2)n(C)n1. The van der Waals surface area contributed by atoms with Crippen molar-refractivity contribution < 1.29 is 4.79 Å². The molecule has 25 heavy (non-hydrogen) atoms. The molecule has 134 valence electrons. The van der Waals surface area contributed by atoms with Crippen molar-refractivity contribution in [3.63, 3.8) is 0 Å². The zero-order valence-electron chi connectivity index (χ0n) is 15.1. The first kappa shape index (κ1) is 17.6. The van der Waals surface area contributed by atoms with Gasteiger partial charge in [0, 0.05) is 57.7 Å². The molecular formula is C18H26N6O. The average Bonchev–Trinajstić information content (AvgIpc) is 2.92. The summed E-state index contributed by atoms with van der Waals surface area (Å²) in [7, 11) is 1.83. The van der Waals surface area contributed by atoms with Crippen LogP contribution in [0.4, 0.5) is 5.82 Å². The summed E-state index contributed by atoms with van der Waals surface area (Å²) in [5, 5.41) is 7.18. The van der Waals surface area contributed by atoms with E-state index in [9.17, 15) is 4.79 Å². The van der Waals surface area contributed by atoms with Crippen LogP contribution in [0.3, 0.4) is 0 Å². The van der Waals surface area contributed by atoms with Crippen LogP contribution in [0.1, 0.15) is 24.2 Å². The second kappa shape index (κ2) is 7.76. The fourth-order valence-corrected chi connectivity index (χ4v) is 3.26. The van der Waals surface area contributed by atoms with Crippen LogP contribution < -0.4 is 5.32 Å². The second-order valence-corrected chi connectivity index (χ2v) is 6.62. The highest BCUT2D eigenvalue weighted by Crippen LogP contribution is 2.20. The molecule has 7 heteroatoms. The first-order valence-corrected chi connectivity index (χ1v) is 8.70. The van der Waals surface area contributed by atoms with E-state index >= 15 is 0 Å². The number of carbonyl (C=O) groups excluding carboxylic acids is 1. The fraction of sp³-hybridized carbons (Fsp3) is 0.500. The Balaban J connectivity index is 1.47. The molecule has 1 N–H and O–H groups in total. The lowest BCUT2D eigenvalue weighted by molar-refractivity contribution is -0.117. The van der Waals surface area contributed by atoms with E-state index in [-0.39, 0.29) is 5.91 Å². The maximum atomic E-state index is 12.3. The first-order valence-electron chi connectivity index (χ1n) is 8.70. The Kier molecular flexibility index (Phi) is 5.45. The highest BCUT2D eigenvalue weighted by atomic mass is 16.2. The number of anilines is 1. The van der Waals surface area contributed by atoms with E-state index in [4.69, 9.17) is 0 Å². The van der Waals surface area contributed by atoms with Gasteiger partial charge in [0.25, 0.3) is 0 Å². The predicted molar refractivity (Wildman–Crippen MR) is 97.2 cm³/mol. The first-order chi connectivity index (χ1) is 12.0. The average molecular weight is 342 g/mol. The molecule has 1 aliphatic rings. The molecule has 2 aromatic rings. The lowest BCUT2D eigenvalue weighted by atomic mass is 10.1. The molecule has 0 spiro atoms. The number of hydrogen-bond acceptors (Lipinski definition) is 5. The molecule has 1 fully saturated rings. The third-order valence-electron chi connectivity index (χ3n) is 4.76. The minimum atomic E-state index is 0.0109. The molecule has 0 aromatic carbocycles. The molecule has 1 aliphatic heterocycles. The molecule has 0 aliphatic carbocycles. The number of amides is 1. The fourth-order valence-electron chi connectivity index (χ4n) is 3.26. The van der Waals surface area contributed by atoms with Gasteiger partial charge in [0.1, 0.15) is 5.82 Å². The number of carbonyl (C=O) groups is 1. The summed E-state index contributed by atoms with van der Waals surface area (Å²) in [6.07, 6.45) is 3.73. The maximum Gasteiger partial charge on any atom is 0.239 e. The molecular weight excluding hydrogens is 316 g/mol. The summed E-state index contributed by atoms with van der Waals surface area (Å²) in [6, 6.07) is 6.33. The summed E-state index contributed by atoms with van der Waals surface area (Å²) >= 11 is 0. The van der Waals surface area contributed by atoms with Crippen LogP contribution in [0.5, 0.6) is 0 Å². The minimum Gasteiger partial charge on any atom is -0.310 e. The topological polar surface area (TPSA) is 66.3 Å². The van der Waals surface area contributed by atoms with E-state index in [1.165, 1.54) is 5.56 Å². The van der Waals surface area contributed by atoms with E-state index < -0.39 is 0 Å². The number of aryl methyl sites for hydroxylation is 2. The van der Waals surface area contributed by atoms with Crippen LogP contribution in [-0.2, 0) is 11.8 Å². The molecule has 1 atom stereocenters. The van der Waals surface area contributed by atoms with Gasteiger partial charge in [0.2, 0.25) is 5.91 Å². The molecule has 0 unspecified atom stereocenters. The van der Waals surface area contributed by atoms with Crippen molar-refractivity contribution in [2.45, 2.75) is 19.9 Å².